The summed E-state index contributed by atoms with van der Waals surface area (Å²) in [4.78, 5) is 3.77. The van der Waals surface area contributed by atoms with Gasteiger partial charge in [0.1, 0.15) is 0 Å². The maximum atomic E-state index is 5.37. The molecule has 3 heteroatoms. The molecule has 1 saturated heterocycles. The van der Waals surface area contributed by atoms with Crippen molar-refractivity contribution in [3.63, 3.8) is 0 Å². The highest BCUT2D eigenvalue weighted by molar-refractivity contribution is 7.80. The normalized spacial score (nSPS) is 22.4. The van der Waals surface area contributed by atoms with E-state index >= 15 is 0 Å². The molecule has 0 radical (unpaired) electrons. The van der Waals surface area contributed by atoms with Crippen LogP contribution in [0, 0.1) is 0 Å². The number of hydrogen-bond acceptors (Lipinski definition) is 3. The van der Waals surface area contributed by atoms with Gasteiger partial charge in [-0.15, -0.1) is 0 Å². The molecule has 1 unspecified atom stereocenters. The van der Waals surface area contributed by atoms with Crippen LogP contribution in [0.5, 0.6) is 0 Å². The Balaban J connectivity index is 2.47. The third-order valence-electron chi connectivity index (χ3n) is 3.29. The molecule has 94 valence electrons. The van der Waals surface area contributed by atoms with E-state index in [9.17, 15) is 0 Å². The summed E-state index contributed by atoms with van der Waals surface area (Å²) in [6, 6.07) is 1.06. The Morgan fingerprint density at radius 2 is 2.06 bits per heavy atom. The third kappa shape index (κ3) is 3.79. The maximum absolute atomic E-state index is 5.37. The molecule has 1 rings (SSSR count). The van der Waals surface area contributed by atoms with Gasteiger partial charge in [-0.3, -0.25) is 4.90 Å². The SMILES string of the molecule is CC(C)N(CCC1NCCC1=S)C(C)(C)C. The zero-order valence-electron chi connectivity index (χ0n) is 11.3. The summed E-state index contributed by atoms with van der Waals surface area (Å²) in [7, 11) is 0. The van der Waals surface area contributed by atoms with Crippen molar-refractivity contribution in [1.82, 2.24) is 10.2 Å². The van der Waals surface area contributed by atoms with E-state index in [0.29, 0.717) is 12.1 Å². The molecule has 0 aliphatic carbocycles. The van der Waals surface area contributed by atoms with Gasteiger partial charge < -0.3 is 5.32 Å². The lowest BCUT2D eigenvalue weighted by molar-refractivity contribution is 0.0963. The Kier molecular flexibility index (Phi) is 4.89. The van der Waals surface area contributed by atoms with Crippen molar-refractivity contribution >= 4 is 17.1 Å². The number of thiocarbonyl (C=S) groups is 1. The zero-order valence-corrected chi connectivity index (χ0v) is 12.2. The molecule has 16 heavy (non-hydrogen) atoms. The average Bonchev–Trinajstić information content (AvgIpc) is 2.49. The second kappa shape index (κ2) is 5.56. The molecule has 1 aliphatic heterocycles. The van der Waals surface area contributed by atoms with Gasteiger partial charge in [0.2, 0.25) is 0 Å². The first-order valence-electron chi connectivity index (χ1n) is 6.35. The summed E-state index contributed by atoms with van der Waals surface area (Å²) in [5.41, 5.74) is 0.244. The molecule has 0 saturated carbocycles. The highest BCUT2D eigenvalue weighted by atomic mass is 32.1. The van der Waals surface area contributed by atoms with Crippen molar-refractivity contribution in [2.75, 3.05) is 13.1 Å². The second-order valence-electron chi connectivity index (χ2n) is 5.97. The van der Waals surface area contributed by atoms with Crippen LogP contribution in [0.25, 0.3) is 0 Å². The first-order valence-corrected chi connectivity index (χ1v) is 6.76. The lowest BCUT2D eigenvalue weighted by atomic mass is 10.0. The van der Waals surface area contributed by atoms with Crippen LogP contribution in [0.1, 0.15) is 47.5 Å². The molecule has 1 heterocycles. The molecule has 0 aromatic heterocycles. The van der Waals surface area contributed by atoms with Crippen LogP contribution in [0.15, 0.2) is 0 Å². The predicted octanol–water partition coefficient (Wildman–Crippen LogP) is 2.62. The third-order valence-corrected chi connectivity index (χ3v) is 3.78. The van der Waals surface area contributed by atoms with E-state index in [2.05, 4.69) is 44.8 Å². The van der Waals surface area contributed by atoms with Gasteiger partial charge in [-0.05, 0) is 47.5 Å². The minimum atomic E-state index is 0.244. The Labute approximate surface area is 106 Å². The van der Waals surface area contributed by atoms with Crippen molar-refractivity contribution in [2.24, 2.45) is 0 Å². The first-order chi connectivity index (χ1) is 7.32. The molecule has 0 spiro atoms. The first kappa shape index (κ1) is 14.1. The Bertz CT molecular complexity index is 243. The van der Waals surface area contributed by atoms with E-state index < -0.39 is 0 Å². The maximum Gasteiger partial charge on any atom is 0.0396 e. The highest BCUT2D eigenvalue weighted by Crippen LogP contribution is 2.18. The molecule has 2 nitrogen and oxygen atoms in total. The largest absolute Gasteiger partial charge is 0.309 e. The fourth-order valence-corrected chi connectivity index (χ4v) is 2.86. The van der Waals surface area contributed by atoms with Gasteiger partial charge in [-0.1, -0.05) is 12.2 Å². The van der Waals surface area contributed by atoms with E-state index in [1.807, 2.05) is 0 Å². The quantitative estimate of drug-likeness (QED) is 0.763. The predicted molar refractivity (Wildman–Crippen MR) is 75.2 cm³/mol. The molecule has 1 aliphatic rings. The van der Waals surface area contributed by atoms with E-state index in [1.54, 1.807) is 0 Å². The van der Waals surface area contributed by atoms with E-state index in [1.165, 1.54) is 4.86 Å². The minimum absolute atomic E-state index is 0.244. The fraction of sp³-hybridized carbons (Fsp3) is 0.923. The summed E-state index contributed by atoms with van der Waals surface area (Å²) in [5.74, 6) is 0. The molecule has 1 atom stereocenters. The van der Waals surface area contributed by atoms with Gasteiger partial charge in [0.05, 0.1) is 0 Å². The summed E-state index contributed by atoms with van der Waals surface area (Å²) in [6.07, 6.45) is 2.23. The Hall–Kier alpha value is 0.01000. The smallest absolute Gasteiger partial charge is 0.0396 e. The van der Waals surface area contributed by atoms with Gasteiger partial charge in [0, 0.05) is 35.6 Å². The van der Waals surface area contributed by atoms with Crippen LogP contribution >= 0.6 is 12.2 Å². The van der Waals surface area contributed by atoms with Crippen LogP contribution in [0.4, 0.5) is 0 Å². The zero-order chi connectivity index (χ0) is 12.3. The van der Waals surface area contributed by atoms with Crippen LogP contribution in [-0.2, 0) is 0 Å². The number of nitrogens with one attached hydrogen (secondary N) is 1. The number of rotatable bonds is 4. The molecular formula is C13H26N2S. The Morgan fingerprint density at radius 3 is 2.44 bits per heavy atom. The van der Waals surface area contributed by atoms with Crippen molar-refractivity contribution in [1.29, 1.82) is 0 Å². The summed E-state index contributed by atoms with van der Waals surface area (Å²) < 4.78 is 0. The molecule has 0 bridgehead atoms. The Morgan fingerprint density at radius 1 is 1.44 bits per heavy atom. The van der Waals surface area contributed by atoms with Crippen molar-refractivity contribution in [3.05, 3.63) is 0 Å². The summed E-state index contributed by atoms with van der Waals surface area (Å²) in [5, 5.41) is 3.48. The van der Waals surface area contributed by atoms with E-state index in [4.69, 9.17) is 12.2 Å². The lowest BCUT2D eigenvalue weighted by Gasteiger charge is -2.39. The van der Waals surface area contributed by atoms with Crippen molar-refractivity contribution < 1.29 is 0 Å². The molecule has 1 fully saturated rings. The fourth-order valence-electron chi connectivity index (χ4n) is 2.56. The molecule has 0 amide bonds. The van der Waals surface area contributed by atoms with Crippen molar-refractivity contribution in [2.45, 2.75) is 65.1 Å². The second-order valence-corrected chi connectivity index (χ2v) is 6.49. The lowest BCUT2D eigenvalue weighted by Crippen LogP contribution is -2.47. The van der Waals surface area contributed by atoms with Gasteiger partial charge >= 0.3 is 0 Å². The highest BCUT2D eigenvalue weighted by Gasteiger charge is 2.26. The molecule has 0 aromatic rings. The minimum Gasteiger partial charge on any atom is -0.309 e. The standard InChI is InChI=1S/C13H26N2S/c1-10(2)15(13(3,4)5)9-7-11-12(16)6-8-14-11/h10-11,14H,6-9H2,1-5H3. The molecule has 0 aromatic carbocycles. The topological polar surface area (TPSA) is 15.3 Å². The van der Waals surface area contributed by atoms with Gasteiger partial charge in [0.15, 0.2) is 0 Å². The summed E-state index contributed by atoms with van der Waals surface area (Å²) in [6.45, 7) is 13.6. The average molecular weight is 242 g/mol. The van der Waals surface area contributed by atoms with E-state index in [0.717, 1.165) is 25.9 Å². The molecular weight excluding hydrogens is 216 g/mol. The molecule has 1 N–H and O–H groups in total. The number of hydrogen-bond donors (Lipinski definition) is 1. The van der Waals surface area contributed by atoms with Crippen LogP contribution in [0.2, 0.25) is 0 Å². The van der Waals surface area contributed by atoms with Gasteiger partial charge in [-0.2, -0.15) is 0 Å². The number of nitrogens with zero attached hydrogens (tertiary/aromatic N) is 1. The monoisotopic (exact) mass is 242 g/mol. The van der Waals surface area contributed by atoms with Crippen molar-refractivity contribution in [3.8, 4) is 0 Å². The summed E-state index contributed by atoms with van der Waals surface area (Å²) >= 11 is 5.37. The van der Waals surface area contributed by atoms with Gasteiger partial charge in [-0.25, -0.2) is 0 Å². The van der Waals surface area contributed by atoms with E-state index in [-0.39, 0.29) is 5.54 Å². The van der Waals surface area contributed by atoms with Crippen LogP contribution in [-0.4, -0.2) is 40.5 Å². The van der Waals surface area contributed by atoms with Gasteiger partial charge in [0.25, 0.3) is 0 Å². The van der Waals surface area contributed by atoms with Crippen LogP contribution < -0.4 is 5.32 Å². The van der Waals surface area contributed by atoms with Crippen LogP contribution in [0.3, 0.4) is 0 Å².